The maximum absolute atomic E-state index is 12.1. The first kappa shape index (κ1) is 21.7. The fourth-order valence-electron chi connectivity index (χ4n) is 2.28. The molecule has 2 aromatic heterocycles. The van der Waals surface area contributed by atoms with Crippen LogP contribution in [0, 0.1) is 6.92 Å². The number of H-pyrrole nitrogens is 1. The molecule has 2 heterocycles. The molecule has 0 radical (unpaired) electrons. The quantitative estimate of drug-likeness (QED) is 0.283. The molecule has 0 amide bonds. The van der Waals surface area contributed by atoms with Crippen molar-refractivity contribution in [1.29, 1.82) is 0 Å². The van der Waals surface area contributed by atoms with Crippen LogP contribution in [-0.4, -0.2) is 40.2 Å². The summed E-state index contributed by atoms with van der Waals surface area (Å²) in [5.74, 6) is 0.150. The fraction of sp³-hybridized carbons (Fsp3) is 0.500. The second kappa shape index (κ2) is 10.1. The number of hydrogen-bond donors (Lipinski definition) is 4. The van der Waals surface area contributed by atoms with Crippen LogP contribution in [-0.2, 0) is 6.42 Å². The first-order valence-corrected chi connectivity index (χ1v) is 9.49. The zero-order chi connectivity index (χ0) is 20.6. The van der Waals surface area contributed by atoms with Gasteiger partial charge in [-0.2, -0.15) is 13.2 Å². The first-order valence-electron chi connectivity index (χ1n) is 8.61. The van der Waals surface area contributed by atoms with Crippen LogP contribution < -0.4 is 21.9 Å². The summed E-state index contributed by atoms with van der Waals surface area (Å²) in [6.45, 7) is 1.11. The summed E-state index contributed by atoms with van der Waals surface area (Å²) < 4.78 is 36.3. The first-order chi connectivity index (χ1) is 13.2. The van der Waals surface area contributed by atoms with Crippen LogP contribution in [0.3, 0.4) is 0 Å². The minimum absolute atomic E-state index is 0.188. The number of unbranched alkanes of at least 4 members (excludes halogenated alkanes) is 2. The molecular formula is C16H22F3N7OS. The highest BCUT2D eigenvalue weighted by molar-refractivity contribution is 7.13. The lowest BCUT2D eigenvalue weighted by Gasteiger charge is -2.05. The van der Waals surface area contributed by atoms with E-state index < -0.39 is 12.7 Å². The third-order valence-corrected chi connectivity index (χ3v) is 4.29. The summed E-state index contributed by atoms with van der Waals surface area (Å²) in [6.07, 6.45) is -0.903. The van der Waals surface area contributed by atoms with Crippen molar-refractivity contribution in [2.24, 2.45) is 10.7 Å². The van der Waals surface area contributed by atoms with Crippen molar-refractivity contribution < 1.29 is 13.2 Å². The van der Waals surface area contributed by atoms with Crippen LogP contribution in [0.15, 0.2) is 21.2 Å². The number of aromatic nitrogens is 3. The molecule has 0 unspecified atom stereocenters. The smallest absolute Gasteiger partial charge is 0.370 e. The number of nitrogens with one attached hydrogen (secondary N) is 3. The molecule has 12 heteroatoms. The highest BCUT2D eigenvalue weighted by atomic mass is 32.1. The van der Waals surface area contributed by atoms with Crippen LogP contribution >= 0.6 is 11.3 Å². The molecule has 0 atom stereocenters. The molecule has 2 aromatic rings. The van der Waals surface area contributed by atoms with Crippen molar-refractivity contribution in [3.05, 3.63) is 33.2 Å². The lowest BCUT2D eigenvalue weighted by molar-refractivity contribution is -0.118. The van der Waals surface area contributed by atoms with E-state index in [0.29, 0.717) is 23.3 Å². The Morgan fingerprint density at radius 1 is 1.32 bits per heavy atom. The van der Waals surface area contributed by atoms with Crippen LogP contribution in [0.25, 0.3) is 0 Å². The highest BCUT2D eigenvalue weighted by Crippen LogP contribution is 2.18. The van der Waals surface area contributed by atoms with E-state index in [1.54, 1.807) is 6.92 Å². The van der Waals surface area contributed by atoms with Crippen molar-refractivity contribution in [3.63, 3.8) is 0 Å². The molecule has 0 aliphatic heterocycles. The predicted molar refractivity (Wildman–Crippen MR) is 104 cm³/mol. The van der Waals surface area contributed by atoms with Crippen molar-refractivity contribution in [2.75, 3.05) is 23.7 Å². The van der Waals surface area contributed by atoms with Crippen LogP contribution in [0.4, 0.5) is 24.3 Å². The fourth-order valence-corrected chi connectivity index (χ4v) is 3.03. The molecule has 0 saturated carbocycles. The zero-order valence-electron chi connectivity index (χ0n) is 15.3. The van der Waals surface area contributed by atoms with E-state index in [0.717, 1.165) is 31.4 Å². The Labute approximate surface area is 163 Å². The van der Waals surface area contributed by atoms with Gasteiger partial charge in [-0.05, 0) is 26.2 Å². The number of aliphatic imine (C=N–C) groups is 1. The summed E-state index contributed by atoms with van der Waals surface area (Å²) in [4.78, 5) is 25.7. The van der Waals surface area contributed by atoms with Crippen LogP contribution in [0.1, 0.15) is 30.7 Å². The van der Waals surface area contributed by atoms with E-state index in [9.17, 15) is 18.0 Å². The van der Waals surface area contributed by atoms with E-state index >= 15 is 0 Å². The number of nitrogens with two attached hydrogens (primary N) is 1. The van der Waals surface area contributed by atoms with Crippen molar-refractivity contribution in [3.8, 4) is 0 Å². The van der Waals surface area contributed by atoms with Gasteiger partial charge >= 0.3 is 6.18 Å². The Balaban J connectivity index is 1.65. The summed E-state index contributed by atoms with van der Waals surface area (Å²) in [5, 5.41) is 7.88. The van der Waals surface area contributed by atoms with Crippen molar-refractivity contribution in [1.82, 2.24) is 15.0 Å². The van der Waals surface area contributed by atoms with Gasteiger partial charge in [0.25, 0.3) is 5.56 Å². The number of alkyl halides is 3. The summed E-state index contributed by atoms with van der Waals surface area (Å²) in [6, 6.07) is 1.43. The van der Waals surface area contributed by atoms with E-state index in [1.807, 2.05) is 5.38 Å². The zero-order valence-corrected chi connectivity index (χ0v) is 16.1. The summed E-state index contributed by atoms with van der Waals surface area (Å²) >= 11 is 1.26. The Morgan fingerprint density at radius 3 is 2.82 bits per heavy atom. The Hall–Kier alpha value is -2.63. The number of guanidine groups is 1. The third kappa shape index (κ3) is 8.37. The number of halogens is 3. The monoisotopic (exact) mass is 417 g/mol. The van der Waals surface area contributed by atoms with Gasteiger partial charge in [0.15, 0.2) is 11.1 Å². The topological polar surface area (TPSA) is 121 Å². The van der Waals surface area contributed by atoms with Crippen molar-refractivity contribution >= 4 is 28.4 Å². The molecule has 0 fully saturated rings. The standard InChI is InChI=1S/C16H22F3N7OS/c1-10-7-12(27)25-14(23-10)21-6-4-2-3-5-11-8-28-15(24-11)26-13(20)22-9-16(17,18)19/h7-8H,2-6,9H2,1H3,(H3,20,22,24,26)(H2,21,23,25,27). The Morgan fingerprint density at radius 2 is 2.11 bits per heavy atom. The Kier molecular flexibility index (Phi) is 7.79. The van der Waals surface area contributed by atoms with Gasteiger partial charge in [0.2, 0.25) is 5.95 Å². The van der Waals surface area contributed by atoms with Gasteiger partial charge in [0, 0.05) is 23.7 Å². The summed E-state index contributed by atoms with van der Waals surface area (Å²) in [5.41, 5.74) is 6.72. The van der Waals surface area contributed by atoms with Gasteiger partial charge in [-0.1, -0.05) is 6.42 Å². The number of hydrogen-bond acceptors (Lipinski definition) is 6. The maximum Gasteiger partial charge on any atom is 0.408 e. The van der Waals surface area contributed by atoms with Gasteiger partial charge in [-0.3, -0.25) is 9.78 Å². The van der Waals surface area contributed by atoms with E-state index in [4.69, 9.17) is 5.73 Å². The molecule has 8 nitrogen and oxygen atoms in total. The third-order valence-electron chi connectivity index (χ3n) is 3.49. The van der Waals surface area contributed by atoms with Crippen LogP contribution in [0.2, 0.25) is 0 Å². The van der Waals surface area contributed by atoms with Gasteiger partial charge < -0.3 is 16.4 Å². The Bertz CT molecular complexity index is 847. The molecule has 0 saturated heterocycles. The SMILES string of the molecule is Cc1cc(=O)[nH]c(NCCCCCc2csc(NC(N)=NCC(F)(F)F)n2)n1. The minimum Gasteiger partial charge on any atom is -0.370 e. The molecule has 0 spiro atoms. The maximum atomic E-state index is 12.1. The highest BCUT2D eigenvalue weighted by Gasteiger charge is 2.26. The van der Waals surface area contributed by atoms with Gasteiger partial charge in [0.1, 0.15) is 6.54 Å². The number of thiazole rings is 1. The molecule has 0 aliphatic rings. The van der Waals surface area contributed by atoms with E-state index in [1.165, 1.54) is 17.4 Å². The number of aryl methyl sites for hydroxylation is 2. The lowest BCUT2D eigenvalue weighted by atomic mass is 10.1. The van der Waals surface area contributed by atoms with Crippen molar-refractivity contribution in [2.45, 2.75) is 38.8 Å². The molecule has 5 N–H and O–H groups in total. The molecule has 0 aliphatic carbocycles. The second-order valence-corrected chi connectivity index (χ2v) is 6.92. The predicted octanol–water partition coefficient (Wildman–Crippen LogP) is 2.65. The molecule has 0 bridgehead atoms. The average molecular weight is 417 g/mol. The second-order valence-electron chi connectivity index (χ2n) is 6.06. The van der Waals surface area contributed by atoms with E-state index in [-0.39, 0.29) is 11.5 Å². The number of rotatable bonds is 9. The molecular weight excluding hydrogens is 395 g/mol. The van der Waals surface area contributed by atoms with Gasteiger partial charge in [-0.15, -0.1) is 11.3 Å². The summed E-state index contributed by atoms with van der Waals surface area (Å²) in [7, 11) is 0. The average Bonchev–Trinajstić information content (AvgIpc) is 3.02. The van der Waals surface area contributed by atoms with E-state index in [2.05, 4.69) is 30.6 Å². The molecule has 2 rings (SSSR count). The largest absolute Gasteiger partial charge is 0.408 e. The molecule has 154 valence electrons. The number of aromatic amines is 1. The van der Waals surface area contributed by atoms with Crippen LogP contribution in [0.5, 0.6) is 0 Å². The van der Waals surface area contributed by atoms with Gasteiger partial charge in [0.05, 0.1) is 5.69 Å². The number of nitrogens with zero attached hydrogens (tertiary/aromatic N) is 3. The van der Waals surface area contributed by atoms with Gasteiger partial charge in [-0.25, -0.2) is 15.0 Å². The number of anilines is 2. The molecule has 0 aromatic carbocycles. The molecule has 28 heavy (non-hydrogen) atoms. The lowest BCUT2D eigenvalue weighted by Crippen LogP contribution is -2.25. The minimum atomic E-state index is -4.39. The normalized spacial score (nSPS) is 12.2.